The topological polar surface area (TPSA) is 54.7 Å². The van der Waals surface area contributed by atoms with E-state index in [1.54, 1.807) is 12.4 Å². The summed E-state index contributed by atoms with van der Waals surface area (Å²) in [5.41, 5.74) is 0.844. The average molecular weight is 326 g/mol. The first-order valence-electron chi connectivity index (χ1n) is 6.36. The van der Waals surface area contributed by atoms with E-state index in [0.29, 0.717) is 0 Å². The van der Waals surface area contributed by atoms with Crippen LogP contribution in [0.15, 0.2) is 23.2 Å². The summed E-state index contributed by atoms with van der Waals surface area (Å²) in [5.74, 6) is 0.821. The smallest absolute Gasteiger partial charge is 0.180 e. The van der Waals surface area contributed by atoms with Gasteiger partial charge in [-0.1, -0.05) is 0 Å². The van der Waals surface area contributed by atoms with Crippen molar-refractivity contribution in [3.8, 4) is 0 Å². The summed E-state index contributed by atoms with van der Waals surface area (Å²) in [7, 11) is 0. The minimum absolute atomic E-state index is 0.821. The summed E-state index contributed by atoms with van der Waals surface area (Å²) in [6, 6.07) is 0. The van der Waals surface area contributed by atoms with Gasteiger partial charge in [0, 0.05) is 38.6 Å². The van der Waals surface area contributed by atoms with Crippen molar-refractivity contribution in [2.24, 2.45) is 0 Å². The van der Waals surface area contributed by atoms with Gasteiger partial charge in [0.25, 0.3) is 0 Å². The molecule has 7 heteroatoms. The molecule has 1 aliphatic heterocycles. The molecule has 2 aromatic heterocycles. The van der Waals surface area contributed by atoms with Crippen molar-refractivity contribution in [3.63, 3.8) is 0 Å². The fourth-order valence-corrected chi connectivity index (χ4v) is 2.56. The van der Waals surface area contributed by atoms with Gasteiger partial charge in [0.15, 0.2) is 11.5 Å². The number of ether oxygens (including phenoxy) is 1. The first kappa shape index (κ1) is 12.8. The molecule has 6 nitrogen and oxygen atoms in total. The van der Waals surface area contributed by atoms with Crippen molar-refractivity contribution >= 4 is 27.4 Å². The molecule has 0 unspecified atom stereocenters. The maximum atomic E-state index is 5.33. The molecular weight excluding hydrogens is 310 g/mol. The summed E-state index contributed by atoms with van der Waals surface area (Å²) in [6.07, 6.45) is 5.44. The van der Waals surface area contributed by atoms with E-state index in [4.69, 9.17) is 4.74 Å². The molecule has 1 aliphatic rings. The zero-order valence-electron chi connectivity index (χ0n) is 10.5. The van der Waals surface area contributed by atoms with E-state index in [2.05, 4.69) is 36.1 Å². The molecule has 0 saturated carbocycles. The van der Waals surface area contributed by atoms with Crippen LogP contribution in [-0.4, -0.2) is 58.7 Å². The van der Waals surface area contributed by atoms with Gasteiger partial charge in [0.05, 0.1) is 19.4 Å². The van der Waals surface area contributed by atoms with Crippen molar-refractivity contribution in [3.05, 3.63) is 23.2 Å². The Bertz CT molecular complexity index is 552. The van der Waals surface area contributed by atoms with E-state index in [-0.39, 0.29) is 0 Å². The van der Waals surface area contributed by atoms with E-state index in [1.165, 1.54) is 0 Å². The quantitative estimate of drug-likeness (QED) is 0.916. The second kappa shape index (κ2) is 5.85. The van der Waals surface area contributed by atoms with Gasteiger partial charge in [-0.25, -0.2) is 9.97 Å². The van der Waals surface area contributed by atoms with E-state index >= 15 is 0 Å². The molecule has 0 bridgehead atoms. The molecule has 0 amide bonds. The summed E-state index contributed by atoms with van der Waals surface area (Å²) in [4.78, 5) is 11.1. The van der Waals surface area contributed by atoms with E-state index in [9.17, 15) is 0 Å². The molecule has 1 saturated heterocycles. The SMILES string of the molecule is Brc1cnc2c(NCCN3CCOCC3)nccn12. The lowest BCUT2D eigenvalue weighted by molar-refractivity contribution is 0.0398. The third-order valence-corrected chi connectivity index (χ3v) is 3.79. The number of nitrogens with zero attached hydrogens (tertiary/aromatic N) is 4. The van der Waals surface area contributed by atoms with Crippen LogP contribution >= 0.6 is 15.9 Å². The largest absolute Gasteiger partial charge is 0.379 e. The van der Waals surface area contributed by atoms with E-state index in [0.717, 1.165) is 55.5 Å². The zero-order valence-corrected chi connectivity index (χ0v) is 12.1. The Labute approximate surface area is 119 Å². The van der Waals surface area contributed by atoms with Gasteiger partial charge in [0.2, 0.25) is 0 Å². The average Bonchev–Trinajstić information content (AvgIpc) is 2.83. The van der Waals surface area contributed by atoms with Crippen LogP contribution in [-0.2, 0) is 4.74 Å². The summed E-state index contributed by atoms with van der Waals surface area (Å²) >= 11 is 3.45. The fourth-order valence-electron chi connectivity index (χ4n) is 2.17. The number of aromatic nitrogens is 3. The molecule has 102 valence electrons. The van der Waals surface area contributed by atoms with Crippen LogP contribution in [0.5, 0.6) is 0 Å². The third-order valence-electron chi connectivity index (χ3n) is 3.21. The Morgan fingerprint density at radius 3 is 3.00 bits per heavy atom. The minimum Gasteiger partial charge on any atom is -0.379 e. The van der Waals surface area contributed by atoms with Gasteiger partial charge in [-0.3, -0.25) is 9.30 Å². The van der Waals surface area contributed by atoms with Gasteiger partial charge in [-0.2, -0.15) is 0 Å². The highest BCUT2D eigenvalue weighted by atomic mass is 79.9. The highest BCUT2D eigenvalue weighted by molar-refractivity contribution is 9.10. The van der Waals surface area contributed by atoms with Crippen molar-refractivity contribution in [2.45, 2.75) is 0 Å². The van der Waals surface area contributed by atoms with Crippen LogP contribution < -0.4 is 5.32 Å². The second-order valence-electron chi connectivity index (χ2n) is 4.43. The van der Waals surface area contributed by atoms with Gasteiger partial charge < -0.3 is 10.1 Å². The Morgan fingerprint density at radius 2 is 2.16 bits per heavy atom. The van der Waals surface area contributed by atoms with Crippen molar-refractivity contribution in [1.82, 2.24) is 19.3 Å². The lowest BCUT2D eigenvalue weighted by atomic mass is 10.4. The predicted molar refractivity (Wildman–Crippen MR) is 76.4 cm³/mol. The van der Waals surface area contributed by atoms with Crippen LogP contribution in [0.1, 0.15) is 0 Å². The van der Waals surface area contributed by atoms with E-state index < -0.39 is 0 Å². The maximum absolute atomic E-state index is 5.33. The molecular formula is C12H16BrN5O. The number of imidazole rings is 1. The number of rotatable bonds is 4. The minimum atomic E-state index is 0.821. The molecule has 3 heterocycles. The molecule has 19 heavy (non-hydrogen) atoms. The molecule has 0 aliphatic carbocycles. The normalized spacial score (nSPS) is 16.9. The fraction of sp³-hybridized carbons (Fsp3) is 0.500. The Morgan fingerprint density at radius 1 is 1.32 bits per heavy atom. The maximum Gasteiger partial charge on any atom is 0.180 e. The monoisotopic (exact) mass is 325 g/mol. The molecule has 1 fully saturated rings. The molecule has 0 atom stereocenters. The molecule has 1 N–H and O–H groups in total. The number of morpholine rings is 1. The Kier molecular flexibility index (Phi) is 3.95. The van der Waals surface area contributed by atoms with Crippen LogP contribution in [0.4, 0.5) is 5.82 Å². The lowest BCUT2D eigenvalue weighted by Gasteiger charge is -2.26. The van der Waals surface area contributed by atoms with Gasteiger partial charge >= 0.3 is 0 Å². The van der Waals surface area contributed by atoms with Crippen molar-refractivity contribution in [1.29, 1.82) is 0 Å². The Balaban J connectivity index is 1.62. The van der Waals surface area contributed by atoms with E-state index in [1.807, 2.05) is 10.6 Å². The number of halogens is 1. The molecule has 3 rings (SSSR count). The standard InChI is InChI=1S/C12H16BrN5O/c13-10-9-16-12-11(15-2-4-18(10)12)14-1-3-17-5-7-19-8-6-17/h2,4,9H,1,3,5-8H2,(H,14,15). The van der Waals surface area contributed by atoms with Crippen LogP contribution in [0.3, 0.4) is 0 Å². The number of hydrogen-bond donors (Lipinski definition) is 1. The first-order valence-corrected chi connectivity index (χ1v) is 7.15. The summed E-state index contributed by atoms with van der Waals surface area (Å²) in [6.45, 7) is 5.54. The lowest BCUT2D eigenvalue weighted by Crippen LogP contribution is -2.39. The molecule has 0 radical (unpaired) electrons. The molecule has 0 aromatic carbocycles. The first-order chi connectivity index (χ1) is 9.34. The number of nitrogens with one attached hydrogen (secondary N) is 1. The predicted octanol–water partition coefficient (Wildman–Crippen LogP) is 1.24. The van der Waals surface area contributed by atoms with Crippen LogP contribution in [0.2, 0.25) is 0 Å². The third kappa shape index (κ3) is 2.88. The van der Waals surface area contributed by atoms with Crippen molar-refractivity contribution in [2.75, 3.05) is 44.7 Å². The van der Waals surface area contributed by atoms with Gasteiger partial charge in [0.1, 0.15) is 4.60 Å². The van der Waals surface area contributed by atoms with Crippen LogP contribution in [0, 0.1) is 0 Å². The number of anilines is 1. The van der Waals surface area contributed by atoms with Gasteiger partial charge in [-0.05, 0) is 15.9 Å². The van der Waals surface area contributed by atoms with Crippen molar-refractivity contribution < 1.29 is 4.74 Å². The summed E-state index contributed by atoms with van der Waals surface area (Å²) < 4.78 is 8.23. The van der Waals surface area contributed by atoms with Gasteiger partial charge in [-0.15, -0.1) is 0 Å². The zero-order chi connectivity index (χ0) is 13.1. The number of fused-ring (bicyclic) bond motifs is 1. The summed E-state index contributed by atoms with van der Waals surface area (Å²) in [5, 5.41) is 3.35. The number of hydrogen-bond acceptors (Lipinski definition) is 5. The molecule has 2 aromatic rings. The Hall–Kier alpha value is -1.18. The highest BCUT2D eigenvalue weighted by Crippen LogP contribution is 2.17. The highest BCUT2D eigenvalue weighted by Gasteiger charge is 2.10. The second-order valence-corrected chi connectivity index (χ2v) is 5.24. The van der Waals surface area contributed by atoms with Crippen LogP contribution in [0.25, 0.3) is 5.65 Å². The molecule has 0 spiro atoms.